The molecule has 2 N–H and O–H groups in total. The van der Waals surface area contributed by atoms with Crippen LogP contribution in [0.3, 0.4) is 0 Å². The molecule has 0 bridgehead atoms. The van der Waals surface area contributed by atoms with Crippen molar-refractivity contribution in [2.75, 3.05) is 6.54 Å². The second-order valence-corrected chi connectivity index (χ2v) is 6.09. The number of thiazole rings is 1. The molecule has 2 heterocycles. The van der Waals surface area contributed by atoms with E-state index in [4.69, 9.17) is 17.0 Å². The highest BCUT2D eigenvalue weighted by Gasteiger charge is 2.20. The van der Waals surface area contributed by atoms with Gasteiger partial charge in [0.15, 0.2) is 5.11 Å². The molecule has 0 saturated heterocycles. The van der Waals surface area contributed by atoms with Gasteiger partial charge in [0.1, 0.15) is 11.6 Å². The summed E-state index contributed by atoms with van der Waals surface area (Å²) in [7, 11) is 0. The van der Waals surface area contributed by atoms with E-state index in [0.29, 0.717) is 17.2 Å². The minimum Gasteiger partial charge on any atom is -0.455 e. The van der Waals surface area contributed by atoms with E-state index in [-0.39, 0.29) is 12.6 Å². The van der Waals surface area contributed by atoms with Gasteiger partial charge in [0.05, 0.1) is 22.3 Å². The molecule has 0 spiro atoms. The number of thiocarbonyl (C=S) groups is 1. The summed E-state index contributed by atoms with van der Waals surface area (Å²) in [6.07, 6.45) is 0. The Morgan fingerprint density at radius 1 is 1.48 bits per heavy atom. The van der Waals surface area contributed by atoms with Gasteiger partial charge in [0.2, 0.25) is 0 Å². The summed E-state index contributed by atoms with van der Waals surface area (Å²) < 4.78 is 6.42. The zero-order chi connectivity index (χ0) is 14.8. The molecule has 0 atom stereocenters. The summed E-state index contributed by atoms with van der Waals surface area (Å²) in [5.41, 5.74) is 2.22. The van der Waals surface area contributed by atoms with Crippen molar-refractivity contribution in [2.45, 2.75) is 13.5 Å². The summed E-state index contributed by atoms with van der Waals surface area (Å²) >= 11 is 6.51. The number of carbonyl (C=O) groups excluding carboxylic acids is 1. The van der Waals surface area contributed by atoms with Gasteiger partial charge >= 0.3 is 5.97 Å². The first-order valence-corrected chi connectivity index (χ1v) is 7.62. The maximum atomic E-state index is 12.1. The first kappa shape index (κ1) is 14.0. The molecule has 0 fully saturated rings. The Balaban J connectivity index is 1.68. The van der Waals surface area contributed by atoms with Gasteiger partial charge in [-0.15, -0.1) is 11.3 Å². The third-order valence-corrected chi connectivity index (χ3v) is 4.35. The quantitative estimate of drug-likeness (QED) is 0.667. The Morgan fingerprint density at radius 2 is 2.29 bits per heavy atom. The molecule has 0 aliphatic carbocycles. The van der Waals surface area contributed by atoms with Gasteiger partial charge < -0.3 is 15.4 Å². The summed E-state index contributed by atoms with van der Waals surface area (Å²) in [5.74, 6) is -0.353. The van der Waals surface area contributed by atoms with Gasteiger partial charge in [0, 0.05) is 5.70 Å². The number of nitrogens with one attached hydrogen (secondary N) is 2. The van der Waals surface area contributed by atoms with Crippen LogP contribution in [0, 0.1) is 0 Å². The zero-order valence-corrected chi connectivity index (χ0v) is 12.9. The second kappa shape index (κ2) is 5.79. The summed E-state index contributed by atoms with van der Waals surface area (Å²) in [4.78, 5) is 16.5. The molecule has 7 heteroatoms. The largest absolute Gasteiger partial charge is 0.455 e. The molecule has 1 aliphatic rings. The highest BCUT2D eigenvalue weighted by atomic mass is 32.1. The van der Waals surface area contributed by atoms with Crippen LogP contribution in [-0.4, -0.2) is 22.6 Å². The molecule has 3 rings (SSSR count). The Kier molecular flexibility index (Phi) is 3.85. The predicted octanol–water partition coefficient (Wildman–Crippen LogP) is 2.09. The van der Waals surface area contributed by atoms with Crippen molar-refractivity contribution in [1.29, 1.82) is 0 Å². The molecule has 1 aromatic heterocycles. The van der Waals surface area contributed by atoms with Crippen LogP contribution in [0.15, 0.2) is 35.5 Å². The Hall–Kier alpha value is -1.99. The molecular formula is C14H13N3O2S2. The minimum atomic E-state index is -0.353. The van der Waals surface area contributed by atoms with Crippen LogP contribution < -0.4 is 10.6 Å². The van der Waals surface area contributed by atoms with Gasteiger partial charge in [-0.25, -0.2) is 9.78 Å². The number of hydrogen-bond donors (Lipinski definition) is 2. The van der Waals surface area contributed by atoms with Crippen molar-refractivity contribution in [1.82, 2.24) is 15.6 Å². The number of benzene rings is 1. The van der Waals surface area contributed by atoms with E-state index in [9.17, 15) is 4.79 Å². The average molecular weight is 319 g/mol. The number of esters is 1. The Morgan fingerprint density at radius 3 is 3.05 bits per heavy atom. The number of aromatic nitrogens is 1. The fourth-order valence-electron chi connectivity index (χ4n) is 2.01. The number of rotatable bonds is 3. The van der Waals surface area contributed by atoms with E-state index >= 15 is 0 Å². The monoisotopic (exact) mass is 319 g/mol. The number of carbonyl (C=O) groups is 1. The molecule has 0 radical (unpaired) electrons. The maximum Gasteiger partial charge on any atom is 0.338 e. The minimum absolute atomic E-state index is 0.180. The second-order valence-electron chi connectivity index (χ2n) is 4.56. The summed E-state index contributed by atoms with van der Waals surface area (Å²) in [5, 5.41) is 7.14. The number of nitrogens with zero attached hydrogens (tertiary/aromatic N) is 1. The molecule has 1 aromatic carbocycles. The number of allylic oxidation sites excluding steroid dienone is 1. The normalized spacial score (nSPS) is 14.8. The fourth-order valence-corrected chi connectivity index (χ4v) is 3.12. The molecule has 0 amide bonds. The maximum absolute atomic E-state index is 12.1. The van der Waals surface area contributed by atoms with Gasteiger partial charge in [-0.3, -0.25) is 0 Å². The molecule has 0 unspecified atom stereocenters. The smallest absolute Gasteiger partial charge is 0.338 e. The molecule has 2 aromatic rings. The van der Waals surface area contributed by atoms with Crippen LogP contribution in [0.5, 0.6) is 0 Å². The van der Waals surface area contributed by atoms with Gasteiger partial charge in [0.25, 0.3) is 0 Å². The molecule has 21 heavy (non-hydrogen) atoms. The lowest BCUT2D eigenvalue weighted by Gasteiger charge is -2.20. The Labute approximate surface area is 131 Å². The van der Waals surface area contributed by atoms with E-state index in [2.05, 4.69) is 15.6 Å². The number of para-hydroxylation sites is 1. The molecule has 1 aliphatic heterocycles. The van der Waals surface area contributed by atoms with Crippen molar-refractivity contribution < 1.29 is 9.53 Å². The lowest BCUT2D eigenvalue weighted by molar-refractivity contribution is -0.140. The third-order valence-electron chi connectivity index (χ3n) is 3.09. The Bertz CT molecular complexity index is 719. The first-order valence-electron chi connectivity index (χ1n) is 6.39. The number of ether oxygens (including phenoxy) is 1. The number of hydrogen-bond acceptors (Lipinski definition) is 5. The van der Waals surface area contributed by atoms with Gasteiger partial charge in [-0.1, -0.05) is 12.1 Å². The van der Waals surface area contributed by atoms with Crippen molar-refractivity contribution in [3.63, 3.8) is 0 Å². The highest BCUT2D eigenvalue weighted by Crippen LogP contribution is 2.22. The van der Waals surface area contributed by atoms with Crippen LogP contribution >= 0.6 is 23.6 Å². The van der Waals surface area contributed by atoms with Crippen molar-refractivity contribution in [3.05, 3.63) is 40.5 Å². The van der Waals surface area contributed by atoms with E-state index in [1.807, 2.05) is 24.3 Å². The zero-order valence-electron chi connectivity index (χ0n) is 11.3. The van der Waals surface area contributed by atoms with E-state index in [1.165, 1.54) is 11.3 Å². The summed E-state index contributed by atoms with van der Waals surface area (Å²) in [6.45, 7) is 2.37. The number of fused-ring (bicyclic) bond motifs is 1. The highest BCUT2D eigenvalue weighted by molar-refractivity contribution is 7.80. The van der Waals surface area contributed by atoms with Crippen LogP contribution in [0.1, 0.15) is 11.9 Å². The SMILES string of the molecule is CC1=C(C(=O)OCc2nc3ccccc3s2)CNC(=S)N1. The van der Waals surface area contributed by atoms with Crippen LogP contribution in [0.4, 0.5) is 0 Å². The molecular weight excluding hydrogens is 306 g/mol. The van der Waals surface area contributed by atoms with E-state index in [1.54, 1.807) is 6.92 Å². The molecule has 108 valence electrons. The van der Waals surface area contributed by atoms with Gasteiger partial charge in [-0.05, 0) is 31.3 Å². The van der Waals surface area contributed by atoms with Crippen LogP contribution in [0.25, 0.3) is 10.2 Å². The van der Waals surface area contributed by atoms with Crippen LogP contribution in [-0.2, 0) is 16.1 Å². The lowest BCUT2D eigenvalue weighted by Crippen LogP contribution is -2.42. The van der Waals surface area contributed by atoms with Crippen molar-refractivity contribution in [3.8, 4) is 0 Å². The molecule has 0 saturated carbocycles. The fraction of sp³-hybridized carbons (Fsp3) is 0.214. The van der Waals surface area contributed by atoms with E-state index < -0.39 is 0 Å². The molecule has 5 nitrogen and oxygen atoms in total. The summed E-state index contributed by atoms with van der Waals surface area (Å²) in [6, 6.07) is 7.85. The lowest BCUT2D eigenvalue weighted by atomic mass is 10.2. The van der Waals surface area contributed by atoms with Crippen molar-refractivity contribution >= 4 is 44.9 Å². The van der Waals surface area contributed by atoms with Crippen molar-refractivity contribution in [2.24, 2.45) is 0 Å². The third kappa shape index (κ3) is 3.03. The average Bonchev–Trinajstić information content (AvgIpc) is 2.87. The van der Waals surface area contributed by atoms with Crippen LogP contribution in [0.2, 0.25) is 0 Å². The standard InChI is InChI=1S/C14H13N3O2S2/c1-8-9(6-15-14(20)16-8)13(18)19-7-12-17-10-4-2-3-5-11(10)21-12/h2-5H,6-7H2,1H3,(H2,15,16,20). The predicted molar refractivity (Wildman–Crippen MR) is 85.9 cm³/mol. The van der Waals surface area contributed by atoms with E-state index in [0.717, 1.165) is 20.9 Å². The topological polar surface area (TPSA) is 63.2 Å². The van der Waals surface area contributed by atoms with Gasteiger partial charge in [-0.2, -0.15) is 0 Å². The first-order chi connectivity index (χ1) is 10.1.